The molecule has 4 N–H and O–H groups in total. The van der Waals surface area contributed by atoms with Crippen LogP contribution in [0.25, 0.3) is 0 Å². The molecule has 0 heterocycles. The van der Waals surface area contributed by atoms with E-state index in [9.17, 15) is 13.2 Å². The van der Waals surface area contributed by atoms with Crippen LogP contribution in [0, 0.1) is 5.92 Å². The molecule has 8 heteroatoms. The highest BCUT2D eigenvalue weighted by Crippen LogP contribution is 2.01. The Labute approximate surface area is 76.2 Å². The zero-order chi connectivity index (χ0) is 10.6. The van der Waals surface area contributed by atoms with Crippen LogP contribution in [0.1, 0.15) is 13.8 Å². The molecule has 1 atom stereocenters. The molecular formula is C5H12N2O5S. The van der Waals surface area contributed by atoms with E-state index in [0.717, 1.165) is 0 Å². The molecule has 0 aromatic heterocycles. The summed E-state index contributed by atoms with van der Waals surface area (Å²) < 4.78 is 32.2. The third-order valence-electron chi connectivity index (χ3n) is 1.25. The summed E-state index contributed by atoms with van der Waals surface area (Å²) in [6.45, 7) is 3.27. The molecule has 78 valence electrons. The largest absolute Gasteiger partial charge is 0.413 e. The van der Waals surface area contributed by atoms with Crippen LogP contribution in [0.4, 0.5) is 0 Å². The molecule has 0 saturated carbocycles. The summed E-state index contributed by atoms with van der Waals surface area (Å²) >= 11 is 0. The standard InChI is InChI=1S/C5H12N2O5S/c1-3(2)4(5(6)8)7-12-13(9,10)11/h3-4,7H,1-2H3,(H2,6,8)(H,9,10,11)/t4-/m0/s1. The van der Waals surface area contributed by atoms with E-state index in [4.69, 9.17) is 10.3 Å². The van der Waals surface area contributed by atoms with Crippen LogP contribution in [0.3, 0.4) is 0 Å². The van der Waals surface area contributed by atoms with Crippen molar-refractivity contribution in [1.29, 1.82) is 0 Å². The smallest absolute Gasteiger partial charge is 0.368 e. The van der Waals surface area contributed by atoms with Gasteiger partial charge in [-0.15, -0.1) is 0 Å². The van der Waals surface area contributed by atoms with Gasteiger partial charge in [0.05, 0.1) is 0 Å². The molecule has 0 aliphatic heterocycles. The Kier molecular flexibility index (Phi) is 4.27. The van der Waals surface area contributed by atoms with Crippen molar-refractivity contribution in [3.8, 4) is 0 Å². The highest BCUT2D eigenvalue weighted by molar-refractivity contribution is 7.80. The number of nitrogens with two attached hydrogens (primary N) is 1. The van der Waals surface area contributed by atoms with Crippen molar-refractivity contribution in [3.05, 3.63) is 0 Å². The van der Waals surface area contributed by atoms with Crippen LogP contribution in [-0.2, 0) is 19.5 Å². The van der Waals surface area contributed by atoms with Crippen LogP contribution in [-0.4, -0.2) is 24.9 Å². The SMILES string of the molecule is CC(C)[C@H](NOS(=O)(=O)O)C(N)=O. The van der Waals surface area contributed by atoms with Crippen molar-refractivity contribution in [2.24, 2.45) is 11.7 Å². The first-order valence-electron chi connectivity index (χ1n) is 3.44. The van der Waals surface area contributed by atoms with Crippen molar-refractivity contribution < 1.29 is 22.0 Å². The van der Waals surface area contributed by atoms with Crippen LogP contribution < -0.4 is 11.2 Å². The maximum absolute atomic E-state index is 10.7. The summed E-state index contributed by atoms with van der Waals surface area (Å²) in [7, 11) is -4.61. The molecule has 7 nitrogen and oxygen atoms in total. The first kappa shape index (κ1) is 12.3. The first-order valence-corrected chi connectivity index (χ1v) is 4.81. The van der Waals surface area contributed by atoms with Gasteiger partial charge in [-0.1, -0.05) is 13.8 Å². The summed E-state index contributed by atoms with van der Waals surface area (Å²) in [5.74, 6) is -1.02. The molecule has 1 amide bonds. The number of nitrogens with one attached hydrogen (secondary N) is 1. The van der Waals surface area contributed by atoms with E-state index in [2.05, 4.69) is 4.28 Å². The molecule has 0 aliphatic carbocycles. The number of rotatable bonds is 5. The summed E-state index contributed by atoms with van der Waals surface area (Å²) in [6, 6.07) is -0.970. The zero-order valence-corrected chi connectivity index (χ0v) is 8.04. The number of amides is 1. The number of hydrogen-bond acceptors (Lipinski definition) is 5. The Balaban J connectivity index is 4.22. The lowest BCUT2D eigenvalue weighted by atomic mass is 10.1. The van der Waals surface area contributed by atoms with Gasteiger partial charge >= 0.3 is 10.4 Å². The normalized spacial score (nSPS) is 14.5. The molecule has 0 aromatic carbocycles. The Bertz CT molecular complexity index is 273. The number of carbonyl (C=O) groups is 1. The molecule has 0 radical (unpaired) electrons. The van der Waals surface area contributed by atoms with E-state index in [0.29, 0.717) is 0 Å². The first-order chi connectivity index (χ1) is 5.74. The molecule has 0 spiro atoms. The van der Waals surface area contributed by atoms with Gasteiger partial charge in [-0.05, 0) is 5.92 Å². The third kappa shape index (κ3) is 5.53. The van der Waals surface area contributed by atoms with Gasteiger partial charge in [0, 0.05) is 0 Å². The van der Waals surface area contributed by atoms with Crippen LogP contribution in [0.15, 0.2) is 0 Å². The maximum atomic E-state index is 10.7. The van der Waals surface area contributed by atoms with Gasteiger partial charge in [-0.25, -0.2) is 0 Å². The molecule has 0 bridgehead atoms. The van der Waals surface area contributed by atoms with Gasteiger partial charge in [0.25, 0.3) is 0 Å². The highest BCUT2D eigenvalue weighted by Gasteiger charge is 2.21. The minimum Gasteiger partial charge on any atom is -0.368 e. The van der Waals surface area contributed by atoms with Crippen molar-refractivity contribution in [3.63, 3.8) is 0 Å². The van der Waals surface area contributed by atoms with Gasteiger partial charge in [0.2, 0.25) is 5.91 Å². The Morgan fingerprint density at radius 3 is 2.23 bits per heavy atom. The lowest BCUT2D eigenvalue weighted by Crippen LogP contribution is -2.45. The molecular weight excluding hydrogens is 200 g/mol. The number of carbonyl (C=O) groups excluding carboxylic acids is 1. The van der Waals surface area contributed by atoms with Crippen molar-refractivity contribution >= 4 is 16.3 Å². The molecule has 0 saturated heterocycles. The number of primary amides is 1. The predicted molar refractivity (Wildman–Crippen MR) is 43.6 cm³/mol. The molecule has 0 unspecified atom stereocenters. The molecule has 13 heavy (non-hydrogen) atoms. The van der Waals surface area contributed by atoms with Gasteiger partial charge < -0.3 is 5.73 Å². The van der Waals surface area contributed by atoms with E-state index in [1.807, 2.05) is 5.48 Å². The fourth-order valence-corrected chi connectivity index (χ4v) is 0.861. The second kappa shape index (κ2) is 4.51. The average Bonchev–Trinajstić information content (AvgIpc) is 1.82. The molecule has 0 aliphatic rings. The van der Waals surface area contributed by atoms with Gasteiger partial charge in [-0.2, -0.15) is 18.2 Å². The monoisotopic (exact) mass is 212 g/mol. The zero-order valence-electron chi connectivity index (χ0n) is 7.22. The molecule has 0 aromatic rings. The van der Waals surface area contributed by atoms with Gasteiger partial charge in [0.1, 0.15) is 6.04 Å². The van der Waals surface area contributed by atoms with Crippen molar-refractivity contribution in [2.75, 3.05) is 0 Å². The van der Waals surface area contributed by atoms with Crippen molar-refractivity contribution in [2.45, 2.75) is 19.9 Å². The molecule has 0 rings (SSSR count). The summed E-state index contributed by atoms with van der Waals surface area (Å²) in [4.78, 5) is 10.7. The Hall–Kier alpha value is -0.700. The summed E-state index contributed by atoms with van der Waals surface area (Å²) in [5, 5.41) is 0. The Morgan fingerprint density at radius 1 is 1.54 bits per heavy atom. The van der Waals surface area contributed by atoms with Crippen LogP contribution in [0.2, 0.25) is 0 Å². The average molecular weight is 212 g/mol. The second-order valence-corrected chi connectivity index (χ2v) is 3.78. The van der Waals surface area contributed by atoms with E-state index in [-0.39, 0.29) is 5.92 Å². The summed E-state index contributed by atoms with van der Waals surface area (Å²) in [5.41, 5.74) is 6.76. The fraction of sp³-hybridized carbons (Fsp3) is 0.800. The van der Waals surface area contributed by atoms with Crippen LogP contribution in [0.5, 0.6) is 0 Å². The number of hydrogen-bond donors (Lipinski definition) is 3. The van der Waals surface area contributed by atoms with E-state index in [1.165, 1.54) is 0 Å². The van der Waals surface area contributed by atoms with Crippen LogP contribution >= 0.6 is 0 Å². The minimum atomic E-state index is -4.61. The summed E-state index contributed by atoms with van der Waals surface area (Å²) in [6.07, 6.45) is 0. The Morgan fingerprint density at radius 2 is 2.00 bits per heavy atom. The van der Waals surface area contributed by atoms with E-state index >= 15 is 0 Å². The number of hydroxylamine groups is 1. The maximum Gasteiger partial charge on any atom is 0.413 e. The highest BCUT2D eigenvalue weighted by atomic mass is 32.3. The predicted octanol–water partition coefficient (Wildman–Crippen LogP) is -1.18. The third-order valence-corrected chi connectivity index (χ3v) is 1.56. The van der Waals surface area contributed by atoms with Gasteiger partial charge in [-0.3, -0.25) is 9.35 Å². The fourth-order valence-electron chi connectivity index (χ4n) is 0.635. The molecule has 0 fully saturated rings. The van der Waals surface area contributed by atoms with E-state index < -0.39 is 22.3 Å². The quantitative estimate of drug-likeness (QED) is 0.390. The van der Waals surface area contributed by atoms with Gasteiger partial charge in [0.15, 0.2) is 0 Å². The second-order valence-electron chi connectivity index (χ2n) is 2.75. The van der Waals surface area contributed by atoms with Crippen molar-refractivity contribution in [1.82, 2.24) is 5.48 Å². The lowest BCUT2D eigenvalue weighted by Gasteiger charge is -2.16. The topological polar surface area (TPSA) is 119 Å². The lowest BCUT2D eigenvalue weighted by molar-refractivity contribution is -0.123. The van der Waals surface area contributed by atoms with E-state index in [1.54, 1.807) is 13.8 Å². The minimum absolute atomic E-state index is 0.251.